The first kappa shape index (κ1) is 12.8. The third kappa shape index (κ3) is 4.49. The molecule has 0 aliphatic carbocycles. The molecule has 1 rings (SSSR count). The summed E-state index contributed by atoms with van der Waals surface area (Å²) >= 11 is 3.31. The molecule has 0 saturated heterocycles. The van der Waals surface area contributed by atoms with Gasteiger partial charge in [0.15, 0.2) is 0 Å². The lowest BCUT2D eigenvalue weighted by Crippen LogP contribution is -2.15. The van der Waals surface area contributed by atoms with Crippen molar-refractivity contribution in [2.45, 2.75) is 6.54 Å². The van der Waals surface area contributed by atoms with Gasteiger partial charge in [-0.05, 0) is 5.56 Å². The van der Waals surface area contributed by atoms with Crippen molar-refractivity contribution in [1.82, 2.24) is 5.32 Å². The van der Waals surface area contributed by atoms with Crippen LogP contribution in [-0.2, 0) is 16.1 Å². The average molecular weight is 284 g/mol. The van der Waals surface area contributed by atoms with Gasteiger partial charge in [0.25, 0.3) is 0 Å². The number of hydrogen-bond donors (Lipinski definition) is 1. The molecule has 1 N–H and O–H groups in total. The molecular weight excluding hydrogens is 270 g/mol. The van der Waals surface area contributed by atoms with E-state index in [1.54, 1.807) is 0 Å². The van der Waals surface area contributed by atoms with Gasteiger partial charge in [0.05, 0.1) is 7.11 Å². The van der Waals surface area contributed by atoms with E-state index in [4.69, 9.17) is 0 Å². The zero-order chi connectivity index (χ0) is 11.8. The van der Waals surface area contributed by atoms with Gasteiger partial charge in [0.1, 0.15) is 0 Å². The largest absolute Gasteiger partial charge is 0.466 e. The number of benzene rings is 1. The zero-order valence-electron chi connectivity index (χ0n) is 9.07. The van der Waals surface area contributed by atoms with E-state index in [-0.39, 0.29) is 5.97 Å². The van der Waals surface area contributed by atoms with E-state index in [0.717, 1.165) is 5.70 Å². The fourth-order valence-corrected chi connectivity index (χ4v) is 1.51. The van der Waals surface area contributed by atoms with Crippen LogP contribution in [0.25, 0.3) is 0 Å². The molecule has 0 atom stereocenters. The first-order chi connectivity index (χ1) is 7.76. The first-order valence-corrected chi connectivity index (χ1v) is 6.00. The summed E-state index contributed by atoms with van der Waals surface area (Å²) < 4.78 is 4.56. The van der Waals surface area contributed by atoms with Gasteiger partial charge in [0, 0.05) is 23.6 Å². The minimum Gasteiger partial charge on any atom is -0.466 e. The fourth-order valence-electron chi connectivity index (χ4n) is 1.15. The maximum Gasteiger partial charge on any atom is 0.332 e. The second-order valence-corrected chi connectivity index (χ2v) is 3.73. The van der Waals surface area contributed by atoms with Gasteiger partial charge in [-0.1, -0.05) is 46.3 Å². The molecule has 0 aliphatic heterocycles. The van der Waals surface area contributed by atoms with E-state index in [0.29, 0.717) is 11.9 Å². The lowest BCUT2D eigenvalue weighted by Gasteiger charge is -2.07. The topological polar surface area (TPSA) is 38.3 Å². The number of ether oxygens (including phenoxy) is 1. The van der Waals surface area contributed by atoms with Gasteiger partial charge >= 0.3 is 5.97 Å². The van der Waals surface area contributed by atoms with Gasteiger partial charge in [-0.2, -0.15) is 0 Å². The fraction of sp³-hybridized carbons (Fsp3) is 0.250. The van der Waals surface area contributed by atoms with Gasteiger partial charge < -0.3 is 10.1 Å². The van der Waals surface area contributed by atoms with Crippen LogP contribution in [0.4, 0.5) is 0 Å². The molecule has 0 fully saturated rings. The van der Waals surface area contributed by atoms with E-state index in [9.17, 15) is 4.79 Å². The highest BCUT2D eigenvalue weighted by Gasteiger charge is 2.00. The molecule has 1 aromatic carbocycles. The van der Waals surface area contributed by atoms with E-state index in [1.165, 1.54) is 18.7 Å². The molecule has 0 radical (unpaired) electrons. The number of halogens is 1. The molecule has 0 heterocycles. The molecule has 4 heteroatoms. The highest BCUT2D eigenvalue weighted by molar-refractivity contribution is 9.09. The van der Waals surface area contributed by atoms with Crippen LogP contribution in [0.1, 0.15) is 5.56 Å². The van der Waals surface area contributed by atoms with E-state index in [2.05, 4.69) is 26.0 Å². The Morgan fingerprint density at radius 1 is 1.44 bits per heavy atom. The molecule has 0 spiro atoms. The van der Waals surface area contributed by atoms with Crippen molar-refractivity contribution in [1.29, 1.82) is 0 Å². The number of hydrogen-bond acceptors (Lipinski definition) is 3. The van der Waals surface area contributed by atoms with Crippen molar-refractivity contribution >= 4 is 21.9 Å². The third-order valence-corrected chi connectivity index (χ3v) is 2.60. The summed E-state index contributed by atoms with van der Waals surface area (Å²) in [6, 6.07) is 9.98. The Bertz CT molecular complexity index is 363. The molecule has 0 aliphatic rings. The predicted molar refractivity (Wildman–Crippen MR) is 67.2 cm³/mol. The summed E-state index contributed by atoms with van der Waals surface area (Å²) in [5.41, 5.74) is 1.97. The SMILES string of the molecule is COC(=O)C=C(CBr)NCc1ccccc1. The Labute approximate surface area is 104 Å². The lowest BCUT2D eigenvalue weighted by atomic mass is 10.2. The number of methoxy groups -OCH3 is 1. The Morgan fingerprint density at radius 3 is 2.69 bits per heavy atom. The molecule has 16 heavy (non-hydrogen) atoms. The predicted octanol–water partition coefficient (Wildman–Crippen LogP) is 2.23. The van der Waals surface area contributed by atoms with Crippen molar-refractivity contribution in [2.24, 2.45) is 0 Å². The minimum absolute atomic E-state index is 0.352. The van der Waals surface area contributed by atoms with Gasteiger partial charge in [-0.15, -0.1) is 0 Å². The number of rotatable bonds is 5. The number of alkyl halides is 1. The maximum absolute atomic E-state index is 11.0. The summed E-state index contributed by atoms with van der Waals surface area (Å²) in [5.74, 6) is -0.352. The molecule has 86 valence electrons. The van der Waals surface area contributed by atoms with Crippen molar-refractivity contribution in [2.75, 3.05) is 12.4 Å². The van der Waals surface area contributed by atoms with Crippen LogP contribution in [0.2, 0.25) is 0 Å². The van der Waals surface area contributed by atoms with Crippen LogP contribution in [0.15, 0.2) is 42.1 Å². The average Bonchev–Trinajstić information content (AvgIpc) is 2.35. The van der Waals surface area contributed by atoms with E-state index >= 15 is 0 Å². The Kier molecular flexibility index (Phi) is 5.64. The van der Waals surface area contributed by atoms with Crippen molar-refractivity contribution in [3.8, 4) is 0 Å². The van der Waals surface area contributed by atoms with Crippen LogP contribution in [0.5, 0.6) is 0 Å². The minimum atomic E-state index is -0.352. The van der Waals surface area contributed by atoms with Crippen LogP contribution >= 0.6 is 15.9 Å². The van der Waals surface area contributed by atoms with Crippen LogP contribution in [0.3, 0.4) is 0 Å². The zero-order valence-corrected chi connectivity index (χ0v) is 10.7. The first-order valence-electron chi connectivity index (χ1n) is 4.88. The Morgan fingerprint density at radius 2 is 2.12 bits per heavy atom. The van der Waals surface area contributed by atoms with E-state index < -0.39 is 0 Å². The number of carbonyl (C=O) groups is 1. The third-order valence-electron chi connectivity index (χ3n) is 2.00. The van der Waals surface area contributed by atoms with Crippen LogP contribution < -0.4 is 5.32 Å². The summed E-state index contributed by atoms with van der Waals surface area (Å²) in [4.78, 5) is 11.0. The standard InChI is InChI=1S/C12H14BrNO2/c1-16-12(15)7-11(8-13)14-9-10-5-3-2-4-6-10/h2-7,14H,8-9H2,1H3. The molecule has 1 aromatic rings. The van der Waals surface area contributed by atoms with Gasteiger partial charge in [0.2, 0.25) is 0 Å². The van der Waals surface area contributed by atoms with Crippen molar-refractivity contribution in [3.63, 3.8) is 0 Å². The maximum atomic E-state index is 11.0. The smallest absolute Gasteiger partial charge is 0.332 e. The molecule has 3 nitrogen and oxygen atoms in total. The van der Waals surface area contributed by atoms with E-state index in [1.807, 2.05) is 30.3 Å². The molecule has 0 saturated carbocycles. The second kappa shape index (κ2) is 7.06. The Hall–Kier alpha value is -1.29. The summed E-state index contributed by atoms with van der Waals surface area (Å²) in [5, 5.41) is 3.76. The molecular formula is C12H14BrNO2. The van der Waals surface area contributed by atoms with Gasteiger partial charge in [-0.3, -0.25) is 0 Å². The van der Waals surface area contributed by atoms with Crippen molar-refractivity contribution in [3.05, 3.63) is 47.7 Å². The monoisotopic (exact) mass is 283 g/mol. The lowest BCUT2D eigenvalue weighted by molar-refractivity contribution is -0.134. The highest BCUT2D eigenvalue weighted by Crippen LogP contribution is 2.01. The molecule has 0 unspecified atom stereocenters. The molecule has 0 aromatic heterocycles. The molecule has 0 bridgehead atoms. The normalized spacial score (nSPS) is 11.0. The second-order valence-electron chi connectivity index (χ2n) is 3.17. The molecule has 0 amide bonds. The highest BCUT2D eigenvalue weighted by atomic mass is 79.9. The quantitative estimate of drug-likeness (QED) is 0.512. The summed E-state index contributed by atoms with van der Waals surface area (Å²) in [6.45, 7) is 0.690. The number of allylic oxidation sites excluding steroid dienone is 1. The van der Waals surface area contributed by atoms with Crippen LogP contribution in [-0.4, -0.2) is 18.4 Å². The number of nitrogens with one attached hydrogen (secondary N) is 1. The Balaban J connectivity index is 2.52. The number of carbonyl (C=O) groups excluding carboxylic acids is 1. The van der Waals surface area contributed by atoms with Crippen LogP contribution in [0, 0.1) is 0 Å². The van der Waals surface area contributed by atoms with Crippen molar-refractivity contribution < 1.29 is 9.53 Å². The van der Waals surface area contributed by atoms with Gasteiger partial charge in [-0.25, -0.2) is 4.79 Å². The number of esters is 1. The summed E-state index contributed by atoms with van der Waals surface area (Å²) in [7, 11) is 1.36. The summed E-state index contributed by atoms with van der Waals surface area (Å²) in [6.07, 6.45) is 1.44.